The minimum Gasteiger partial charge on any atom is -0.457 e. The standard InChI is InChI=1S/C11H12ClIO2/c1-8(14)15-11(10(13)7-12)9-5-3-2-4-6-9/h2-6,10-11H,7H2,1H3. The van der Waals surface area contributed by atoms with E-state index in [9.17, 15) is 4.79 Å². The first-order valence-corrected chi connectivity index (χ1v) is 6.35. The van der Waals surface area contributed by atoms with Crippen molar-refractivity contribution in [3.63, 3.8) is 0 Å². The van der Waals surface area contributed by atoms with E-state index in [0.717, 1.165) is 5.56 Å². The van der Waals surface area contributed by atoms with Crippen molar-refractivity contribution >= 4 is 40.2 Å². The van der Waals surface area contributed by atoms with Gasteiger partial charge in [0.1, 0.15) is 6.10 Å². The Bertz CT molecular complexity index is 316. The molecule has 2 atom stereocenters. The highest BCUT2D eigenvalue weighted by Crippen LogP contribution is 2.27. The van der Waals surface area contributed by atoms with E-state index in [1.165, 1.54) is 6.92 Å². The Morgan fingerprint density at radius 1 is 1.47 bits per heavy atom. The zero-order valence-corrected chi connectivity index (χ0v) is 11.2. The number of carbonyl (C=O) groups excluding carboxylic acids is 1. The molecule has 0 saturated carbocycles. The highest BCUT2D eigenvalue weighted by Gasteiger charge is 2.22. The molecule has 0 N–H and O–H groups in total. The zero-order valence-electron chi connectivity index (χ0n) is 8.32. The lowest BCUT2D eigenvalue weighted by Crippen LogP contribution is -2.19. The maximum Gasteiger partial charge on any atom is 0.303 e. The SMILES string of the molecule is CC(=O)OC(c1ccccc1)C(I)CCl. The van der Waals surface area contributed by atoms with Crippen LogP contribution in [0.25, 0.3) is 0 Å². The summed E-state index contributed by atoms with van der Waals surface area (Å²) in [6, 6.07) is 9.64. The number of rotatable bonds is 4. The highest BCUT2D eigenvalue weighted by atomic mass is 127. The Morgan fingerprint density at radius 3 is 2.53 bits per heavy atom. The molecule has 0 spiro atoms. The second-order valence-electron chi connectivity index (χ2n) is 3.11. The van der Waals surface area contributed by atoms with Crippen LogP contribution in [0.1, 0.15) is 18.6 Å². The van der Waals surface area contributed by atoms with Crippen LogP contribution in [0, 0.1) is 0 Å². The molecule has 0 aliphatic rings. The van der Waals surface area contributed by atoms with Crippen molar-refractivity contribution in [3.05, 3.63) is 35.9 Å². The van der Waals surface area contributed by atoms with Gasteiger partial charge in [-0.05, 0) is 5.56 Å². The summed E-state index contributed by atoms with van der Waals surface area (Å²) in [7, 11) is 0. The Morgan fingerprint density at radius 2 is 2.07 bits per heavy atom. The van der Waals surface area contributed by atoms with Crippen molar-refractivity contribution in [2.24, 2.45) is 0 Å². The molecule has 0 aliphatic heterocycles. The Hall–Kier alpha value is -0.290. The first-order valence-electron chi connectivity index (χ1n) is 4.57. The molecule has 0 heterocycles. The summed E-state index contributed by atoms with van der Waals surface area (Å²) in [5, 5.41) is 0. The van der Waals surface area contributed by atoms with Crippen molar-refractivity contribution in [1.82, 2.24) is 0 Å². The lowest BCUT2D eigenvalue weighted by Gasteiger charge is -2.21. The normalized spacial score (nSPS) is 14.3. The molecular formula is C11H12ClIO2. The van der Waals surface area contributed by atoms with Crippen LogP contribution in [0.3, 0.4) is 0 Å². The summed E-state index contributed by atoms with van der Waals surface area (Å²) in [5.41, 5.74) is 0.979. The topological polar surface area (TPSA) is 26.3 Å². The summed E-state index contributed by atoms with van der Waals surface area (Å²) in [6.07, 6.45) is -0.262. The molecule has 0 amide bonds. The van der Waals surface area contributed by atoms with Crippen LogP contribution in [-0.4, -0.2) is 15.8 Å². The summed E-state index contributed by atoms with van der Waals surface area (Å²) < 4.78 is 5.34. The van der Waals surface area contributed by atoms with Gasteiger partial charge in [0.05, 0.1) is 3.92 Å². The predicted molar refractivity (Wildman–Crippen MR) is 69.5 cm³/mol. The maximum atomic E-state index is 11.0. The monoisotopic (exact) mass is 338 g/mol. The summed E-state index contributed by atoms with van der Waals surface area (Å²) >= 11 is 7.98. The average molecular weight is 339 g/mol. The molecular weight excluding hydrogens is 326 g/mol. The maximum absolute atomic E-state index is 11.0. The molecule has 0 saturated heterocycles. The van der Waals surface area contributed by atoms with Gasteiger partial charge in [0, 0.05) is 12.8 Å². The summed E-state index contributed by atoms with van der Waals surface area (Å²) in [6.45, 7) is 1.41. The van der Waals surface area contributed by atoms with Crippen molar-refractivity contribution in [1.29, 1.82) is 0 Å². The van der Waals surface area contributed by atoms with Crippen molar-refractivity contribution < 1.29 is 9.53 Å². The first kappa shape index (κ1) is 12.8. The molecule has 4 heteroatoms. The molecule has 15 heavy (non-hydrogen) atoms. The molecule has 0 aliphatic carbocycles. The second-order valence-corrected chi connectivity index (χ2v) is 5.02. The lowest BCUT2D eigenvalue weighted by molar-refractivity contribution is -0.146. The zero-order chi connectivity index (χ0) is 11.3. The van der Waals surface area contributed by atoms with Gasteiger partial charge >= 0.3 is 5.97 Å². The quantitative estimate of drug-likeness (QED) is 0.478. The molecule has 2 unspecified atom stereocenters. The number of esters is 1. The van der Waals surface area contributed by atoms with Gasteiger partial charge in [0.25, 0.3) is 0 Å². The number of hydrogen-bond acceptors (Lipinski definition) is 2. The predicted octanol–water partition coefficient (Wildman–Crippen LogP) is 3.33. The van der Waals surface area contributed by atoms with Gasteiger partial charge in [-0.3, -0.25) is 4.79 Å². The number of ether oxygens (including phenoxy) is 1. The van der Waals surface area contributed by atoms with E-state index in [1.807, 2.05) is 30.3 Å². The van der Waals surface area contributed by atoms with E-state index in [4.69, 9.17) is 16.3 Å². The number of benzene rings is 1. The Balaban J connectivity index is 2.86. The fourth-order valence-corrected chi connectivity index (χ4v) is 1.98. The molecule has 82 valence electrons. The van der Waals surface area contributed by atoms with Gasteiger partial charge < -0.3 is 4.74 Å². The van der Waals surface area contributed by atoms with E-state index < -0.39 is 0 Å². The van der Waals surface area contributed by atoms with Crippen LogP contribution in [0.2, 0.25) is 0 Å². The number of hydrogen-bond donors (Lipinski definition) is 0. The van der Waals surface area contributed by atoms with Crippen LogP contribution in [0.15, 0.2) is 30.3 Å². The third-order valence-corrected chi connectivity index (χ3v) is 3.84. The number of halogens is 2. The smallest absolute Gasteiger partial charge is 0.303 e. The molecule has 0 radical (unpaired) electrons. The van der Waals surface area contributed by atoms with Gasteiger partial charge in [-0.15, -0.1) is 11.6 Å². The molecule has 0 aromatic heterocycles. The first-order chi connectivity index (χ1) is 7.15. The van der Waals surface area contributed by atoms with Gasteiger partial charge in [-0.2, -0.15) is 0 Å². The van der Waals surface area contributed by atoms with Crippen LogP contribution in [-0.2, 0) is 9.53 Å². The van der Waals surface area contributed by atoms with Crippen molar-refractivity contribution in [3.8, 4) is 0 Å². The Labute approximate surface area is 108 Å². The summed E-state index contributed by atoms with van der Waals surface area (Å²) in [4.78, 5) is 11.0. The number of alkyl halides is 2. The van der Waals surface area contributed by atoms with E-state index in [0.29, 0.717) is 5.88 Å². The van der Waals surface area contributed by atoms with Crippen LogP contribution in [0.4, 0.5) is 0 Å². The molecule has 1 aromatic carbocycles. The molecule has 2 nitrogen and oxygen atoms in total. The van der Waals surface area contributed by atoms with E-state index in [-0.39, 0.29) is 16.0 Å². The molecule has 0 bridgehead atoms. The van der Waals surface area contributed by atoms with Gasteiger partial charge in [0.15, 0.2) is 0 Å². The van der Waals surface area contributed by atoms with Crippen LogP contribution in [0.5, 0.6) is 0 Å². The van der Waals surface area contributed by atoms with Crippen LogP contribution < -0.4 is 0 Å². The van der Waals surface area contributed by atoms with Gasteiger partial charge in [-0.1, -0.05) is 52.9 Å². The van der Waals surface area contributed by atoms with Crippen LogP contribution >= 0.6 is 34.2 Å². The van der Waals surface area contributed by atoms with E-state index in [2.05, 4.69) is 22.6 Å². The van der Waals surface area contributed by atoms with Gasteiger partial charge in [-0.25, -0.2) is 0 Å². The third-order valence-electron chi connectivity index (χ3n) is 1.90. The fraction of sp³-hybridized carbons (Fsp3) is 0.364. The average Bonchev–Trinajstić information content (AvgIpc) is 2.26. The van der Waals surface area contributed by atoms with E-state index >= 15 is 0 Å². The fourth-order valence-electron chi connectivity index (χ4n) is 1.25. The largest absolute Gasteiger partial charge is 0.457 e. The van der Waals surface area contributed by atoms with Crippen molar-refractivity contribution in [2.75, 3.05) is 5.88 Å². The highest BCUT2D eigenvalue weighted by molar-refractivity contribution is 14.1. The lowest BCUT2D eigenvalue weighted by atomic mass is 10.1. The second kappa shape index (κ2) is 6.33. The van der Waals surface area contributed by atoms with E-state index in [1.54, 1.807) is 0 Å². The minimum atomic E-state index is -0.282. The minimum absolute atomic E-state index is 0.0792. The molecule has 1 rings (SSSR count). The van der Waals surface area contributed by atoms with Gasteiger partial charge in [0.2, 0.25) is 0 Å². The van der Waals surface area contributed by atoms with Crippen molar-refractivity contribution in [2.45, 2.75) is 17.0 Å². The summed E-state index contributed by atoms with van der Waals surface area (Å²) in [5.74, 6) is 0.170. The third kappa shape index (κ3) is 3.99. The molecule has 1 aromatic rings. The Kier molecular flexibility index (Phi) is 5.39. The molecule has 0 fully saturated rings. The number of carbonyl (C=O) groups is 1.